The van der Waals surface area contributed by atoms with Gasteiger partial charge in [-0.1, -0.05) is 19.1 Å². The van der Waals surface area contributed by atoms with Crippen LogP contribution in [0.3, 0.4) is 0 Å². The van der Waals surface area contributed by atoms with Crippen molar-refractivity contribution in [3.05, 3.63) is 35.6 Å². The Kier molecular flexibility index (Phi) is 1.16. The van der Waals surface area contributed by atoms with Crippen LogP contribution in [-0.2, 0) is 4.74 Å². The third-order valence-electron chi connectivity index (χ3n) is 1.86. The molecule has 0 aromatic rings. The second kappa shape index (κ2) is 2.01. The minimum Gasteiger partial charge on any atom is -0.486 e. The Labute approximate surface area is 60.7 Å². The Hall–Kier alpha value is -0.980. The summed E-state index contributed by atoms with van der Waals surface area (Å²) < 4.78 is 5.54. The van der Waals surface area contributed by atoms with Crippen molar-refractivity contribution >= 4 is 0 Å². The Morgan fingerprint density at radius 2 is 2.50 bits per heavy atom. The molecule has 1 heterocycles. The van der Waals surface area contributed by atoms with Crippen molar-refractivity contribution in [3.8, 4) is 0 Å². The predicted molar refractivity (Wildman–Crippen MR) is 40.5 cm³/mol. The molecule has 2 rings (SSSR count). The molecule has 1 heteroatoms. The zero-order valence-corrected chi connectivity index (χ0v) is 6.00. The summed E-state index contributed by atoms with van der Waals surface area (Å²) in [6.07, 6.45) is 9.60. The predicted octanol–water partition coefficient (Wildman–Crippen LogP) is 2.18. The third-order valence-corrected chi connectivity index (χ3v) is 1.86. The van der Waals surface area contributed by atoms with Gasteiger partial charge in [0.1, 0.15) is 6.10 Å². The van der Waals surface area contributed by atoms with Crippen LogP contribution in [0.15, 0.2) is 35.6 Å². The van der Waals surface area contributed by atoms with Crippen molar-refractivity contribution in [2.75, 3.05) is 0 Å². The molecule has 10 heavy (non-hydrogen) atoms. The third kappa shape index (κ3) is 0.703. The van der Waals surface area contributed by atoms with Crippen LogP contribution in [0.5, 0.6) is 0 Å². The van der Waals surface area contributed by atoms with E-state index in [-0.39, 0.29) is 6.10 Å². The van der Waals surface area contributed by atoms with Crippen LogP contribution in [0.2, 0.25) is 0 Å². The second-order valence-electron chi connectivity index (χ2n) is 2.55. The lowest BCUT2D eigenvalue weighted by Crippen LogP contribution is -2.00. The fourth-order valence-corrected chi connectivity index (χ4v) is 1.28. The summed E-state index contributed by atoms with van der Waals surface area (Å²) in [7, 11) is 0. The topological polar surface area (TPSA) is 9.23 Å². The van der Waals surface area contributed by atoms with Crippen LogP contribution < -0.4 is 0 Å². The van der Waals surface area contributed by atoms with Gasteiger partial charge in [0.05, 0.1) is 5.76 Å². The van der Waals surface area contributed by atoms with E-state index < -0.39 is 0 Å². The molecule has 0 radical (unpaired) electrons. The minimum atomic E-state index is 0.245. The van der Waals surface area contributed by atoms with Gasteiger partial charge in [0, 0.05) is 6.42 Å². The minimum absolute atomic E-state index is 0.245. The molecule has 1 atom stereocenters. The highest BCUT2D eigenvalue weighted by atomic mass is 16.5. The standard InChI is InChI=1S/C9H10O/c1-2-8-6-7-4-3-5-9(7)10-8/h3-6,9H,2H2,1H3. The quantitative estimate of drug-likeness (QED) is 0.534. The van der Waals surface area contributed by atoms with E-state index in [4.69, 9.17) is 4.74 Å². The highest BCUT2D eigenvalue weighted by molar-refractivity contribution is 5.41. The smallest absolute Gasteiger partial charge is 0.142 e. The van der Waals surface area contributed by atoms with Gasteiger partial charge in [-0.25, -0.2) is 0 Å². The molecule has 0 bridgehead atoms. The maximum atomic E-state index is 5.54. The molecule has 0 spiro atoms. The van der Waals surface area contributed by atoms with Gasteiger partial charge in [0.2, 0.25) is 0 Å². The number of allylic oxidation sites excluding steroid dienone is 3. The van der Waals surface area contributed by atoms with E-state index in [1.807, 2.05) is 6.08 Å². The summed E-state index contributed by atoms with van der Waals surface area (Å²) in [5.41, 5.74) is 1.30. The molecule has 1 aliphatic heterocycles. The van der Waals surface area contributed by atoms with E-state index in [1.165, 1.54) is 5.57 Å². The molecule has 0 amide bonds. The van der Waals surface area contributed by atoms with Gasteiger partial charge in [0.25, 0.3) is 0 Å². The largest absolute Gasteiger partial charge is 0.486 e. The number of hydrogen-bond donors (Lipinski definition) is 0. The first-order chi connectivity index (χ1) is 4.90. The lowest BCUT2D eigenvalue weighted by Gasteiger charge is -2.05. The summed E-state index contributed by atoms with van der Waals surface area (Å²) >= 11 is 0. The summed E-state index contributed by atoms with van der Waals surface area (Å²) in [4.78, 5) is 0. The number of fused-ring (bicyclic) bond motifs is 1. The van der Waals surface area contributed by atoms with E-state index in [0.29, 0.717) is 0 Å². The SMILES string of the molecule is CCC1=CC2=CC=CC2O1. The maximum Gasteiger partial charge on any atom is 0.142 e. The summed E-state index contributed by atoms with van der Waals surface area (Å²) in [6, 6.07) is 0. The number of rotatable bonds is 1. The fourth-order valence-electron chi connectivity index (χ4n) is 1.28. The lowest BCUT2D eigenvalue weighted by atomic mass is 10.2. The summed E-state index contributed by atoms with van der Waals surface area (Å²) in [5, 5.41) is 0. The van der Waals surface area contributed by atoms with E-state index in [9.17, 15) is 0 Å². The van der Waals surface area contributed by atoms with Crippen molar-refractivity contribution in [3.63, 3.8) is 0 Å². The molecule has 0 saturated carbocycles. The second-order valence-corrected chi connectivity index (χ2v) is 2.55. The maximum absolute atomic E-state index is 5.54. The molecule has 0 saturated heterocycles. The molecule has 1 unspecified atom stereocenters. The van der Waals surface area contributed by atoms with Gasteiger partial charge in [-0.05, 0) is 17.7 Å². The Balaban J connectivity index is 2.23. The molecule has 0 N–H and O–H groups in total. The van der Waals surface area contributed by atoms with Crippen molar-refractivity contribution in [2.24, 2.45) is 0 Å². The van der Waals surface area contributed by atoms with Gasteiger partial charge in [-0.3, -0.25) is 0 Å². The highest BCUT2D eigenvalue weighted by Gasteiger charge is 2.21. The number of hydrogen-bond acceptors (Lipinski definition) is 1. The van der Waals surface area contributed by atoms with Gasteiger partial charge in [-0.2, -0.15) is 0 Å². The molecule has 1 aliphatic carbocycles. The zero-order chi connectivity index (χ0) is 6.97. The Morgan fingerprint density at radius 3 is 3.20 bits per heavy atom. The molecule has 0 aromatic heterocycles. The van der Waals surface area contributed by atoms with E-state index in [2.05, 4.69) is 25.2 Å². The van der Waals surface area contributed by atoms with Crippen molar-refractivity contribution in [1.82, 2.24) is 0 Å². The van der Waals surface area contributed by atoms with Crippen LogP contribution in [0, 0.1) is 0 Å². The van der Waals surface area contributed by atoms with Gasteiger partial charge in [0.15, 0.2) is 0 Å². The average molecular weight is 134 g/mol. The van der Waals surface area contributed by atoms with Crippen LogP contribution >= 0.6 is 0 Å². The molecule has 1 nitrogen and oxygen atoms in total. The first-order valence-electron chi connectivity index (χ1n) is 3.66. The Bertz CT molecular complexity index is 233. The van der Waals surface area contributed by atoms with Crippen molar-refractivity contribution < 1.29 is 4.74 Å². The molecule has 2 aliphatic rings. The van der Waals surface area contributed by atoms with Crippen molar-refractivity contribution in [2.45, 2.75) is 19.4 Å². The number of ether oxygens (including phenoxy) is 1. The van der Waals surface area contributed by atoms with E-state index in [1.54, 1.807) is 0 Å². The highest BCUT2D eigenvalue weighted by Crippen LogP contribution is 2.28. The van der Waals surface area contributed by atoms with Crippen LogP contribution in [0.1, 0.15) is 13.3 Å². The van der Waals surface area contributed by atoms with E-state index in [0.717, 1.165) is 12.2 Å². The average Bonchev–Trinajstić information content (AvgIpc) is 2.42. The first-order valence-corrected chi connectivity index (χ1v) is 3.66. The van der Waals surface area contributed by atoms with Gasteiger partial charge < -0.3 is 4.74 Å². The van der Waals surface area contributed by atoms with Crippen LogP contribution in [-0.4, -0.2) is 6.10 Å². The molecule has 0 aromatic carbocycles. The fraction of sp³-hybridized carbons (Fsp3) is 0.333. The molecular formula is C9H10O. The normalized spacial score (nSPS) is 27.5. The summed E-state index contributed by atoms with van der Waals surface area (Å²) in [5.74, 6) is 1.11. The van der Waals surface area contributed by atoms with Crippen molar-refractivity contribution in [1.29, 1.82) is 0 Å². The van der Waals surface area contributed by atoms with Crippen LogP contribution in [0.4, 0.5) is 0 Å². The van der Waals surface area contributed by atoms with Gasteiger partial charge in [-0.15, -0.1) is 0 Å². The van der Waals surface area contributed by atoms with Gasteiger partial charge >= 0.3 is 0 Å². The lowest BCUT2D eigenvalue weighted by molar-refractivity contribution is 0.199. The summed E-state index contributed by atoms with van der Waals surface area (Å²) in [6.45, 7) is 2.11. The molecule has 52 valence electrons. The first kappa shape index (κ1) is 5.78. The zero-order valence-electron chi connectivity index (χ0n) is 6.00. The molecule has 0 fully saturated rings. The monoisotopic (exact) mass is 134 g/mol. The Morgan fingerprint density at radius 1 is 1.60 bits per heavy atom. The van der Waals surface area contributed by atoms with E-state index >= 15 is 0 Å². The van der Waals surface area contributed by atoms with Crippen LogP contribution in [0.25, 0.3) is 0 Å². The molecular weight excluding hydrogens is 124 g/mol.